The fraction of sp³-hybridized carbons (Fsp3) is 0.364. The van der Waals surface area contributed by atoms with Crippen molar-refractivity contribution in [3.63, 3.8) is 0 Å². The van der Waals surface area contributed by atoms with Crippen LogP contribution < -0.4 is 9.47 Å². The predicted molar refractivity (Wildman–Crippen MR) is 55.4 cm³/mol. The van der Waals surface area contributed by atoms with Gasteiger partial charge < -0.3 is 14.2 Å². The van der Waals surface area contributed by atoms with E-state index in [0.717, 1.165) is 13.2 Å². The molecule has 0 heterocycles. The first kappa shape index (κ1) is 14.1. The Kier molecular flexibility index (Phi) is 4.41. The molecular formula is C11H11F3O4. The van der Waals surface area contributed by atoms with Crippen LogP contribution in [0.3, 0.4) is 0 Å². The molecule has 0 aliphatic rings. The van der Waals surface area contributed by atoms with Gasteiger partial charge in [-0.1, -0.05) is 0 Å². The molecule has 1 aromatic rings. The van der Waals surface area contributed by atoms with Gasteiger partial charge in [-0.25, -0.2) is 0 Å². The first-order chi connectivity index (χ1) is 8.35. The lowest BCUT2D eigenvalue weighted by Crippen LogP contribution is -2.19. The molecule has 18 heavy (non-hydrogen) atoms. The molecule has 0 aromatic heterocycles. The number of rotatable bonds is 4. The Morgan fingerprint density at radius 2 is 1.94 bits per heavy atom. The first-order valence-electron chi connectivity index (χ1n) is 4.85. The van der Waals surface area contributed by atoms with E-state index >= 15 is 0 Å². The molecule has 0 saturated carbocycles. The molecule has 0 aliphatic heterocycles. The van der Waals surface area contributed by atoms with Crippen LogP contribution in [0, 0.1) is 0 Å². The van der Waals surface area contributed by atoms with Crippen LogP contribution >= 0.6 is 0 Å². The molecule has 0 fully saturated rings. The minimum absolute atomic E-state index is 0.0403. The average Bonchev–Trinajstić information content (AvgIpc) is 2.29. The molecule has 0 atom stereocenters. The summed E-state index contributed by atoms with van der Waals surface area (Å²) < 4.78 is 49.5. The van der Waals surface area contributed by atoms with E-state index < -0.39 is 18.1 Å². The lowest BCUT2D eigenvalue weighted by Gasteiger charge is -2.13. The Balaban J connectivity index is 3.04. The minimum atomic E-state index is -4.82. The number of ether oxygens (including phenoxy) is 3. The minimum Gasteiger partial charge on any atom is -0.497 e. The third kappa shape index (κ3) is 4.15. The van der Waals surface area contributed by atoms with Crippen LogP contribution in [-0.4, -0.2) is 26.6 Å². The Morgan fingerprint density at radius 3 is 2.44 bits per heavy atom. The summed E-state index contributed by atoms with van der Waals surface area (Å²) in [6.45, 7) is 0. The standard InChI is InChI=1S/C11H11F3O4/c1-16-8-3-4-9(18-11(12,13)14)7(5-8)6-10(15)17-2/h3-5H,6H2,1-2H3. The molecule has 4 nitrogen and oxygen atoms in total. The molecule has 1 aromatic carbocycles. The zero-order valence-corrected chi connectivity index (χ0v) is 9.71. The van der Waals surface area contributed by atoms with E-state index in [4.69, 9.17) is 4.74 Å². The van der Waals surface area contributed by atoms with Crippen molar-refractivity contribution in [2.24, 2.45) is 0 Å². The van der Waals surface area contributed by atoms with Gasteiger partial charge in [-0.15, -0.1) is 13.2 Å². The smallest absolute Gasteiger partial charge is 0.497 e. The summed E-state index contributed by atoms with van der Waals surface area (Å²) in [5, 5.41) is 0. The van der Waals surface area contributed by atoms with Crippen LogP contribution in [-0.2, 0) is 16.0 Å². The van der Waals surface area contributed by atoms with Crippen molar-refractivity contribution in [3.8, 4) is 11.5 Å². The Labute approximate surface area is 101 Å². The highest BCUT2D eigenvalue weighted by Crippen LogP contribution is 2.29. The van der Waals surface area contributed by atoms with E-state index in [0.29, 0.717) is 5.75 Å². The van der Waals surface area contributed by atoms with Crippen molar-refractivity contribution >= 4 is 5.97 Å². The summed E-state index contributed by atoms with van der Waals surface area (Å²) in [6.07, 6.45) is -5.15. The number of carbonyl (C=O) groups excluding carboxylic acids is 1. The third-order valence-electron chi connectivity index (χ3n) is 2.06. The largest absolute Gasteiger partial charge is 0.573 e. The highest BCUT2D eigenvalue weighted by Gasteiger charge is 2.32. The van der Waals surface area contributed by atoms with E-state index in [1.807, 2.05) is 0 Å². The van der Waals surface area contributed by atoms with Gasteiger partial charge in [0.05, 0.1) is 20.6 Å². The second kappa shape index (κ2) is 5.61. The molecule has 7 heteroatoms. The second-order valence-corrected chi connectivity index (χ2v) is 3.27. The number of halogens is 3. The number of hydrogen-bond donors (Lipinski definition) is 0. The van der Waals surface area contributed by atoms with Gasteiger partial charge in [0.15, 0.2) is 0 Å². The number of alkyl halides is 3. The van der Waals surface area contributed by atoms with Crippen molar-refractivity contribution < 1.29 is 32.2 Å². The molecule has 100 valence electrons. The van der Waals surface area contributed by atoms with Gasteiger partial charge in [-0.3, -0.25) is 4.79 Å². The van der Waals surface area contributed by atoms with Crippen molar-refractivity contribution in [1.82, 2.24) is 0 Å². The third-order valence-corrected chi connectivity index (χ3v) is 2.06. The zero-order chi connectivity index (χ0) is 13.8. The van der Waals surface area contributed by atoms with E-state index in [9.17, 15) is 18.0 Å². The monoisotopic (exact) mass is 264 g/mol. The van der Waals surface area contributed by atoms with Gasteiger partial charge in [-0.2, -0.15) is 0 Å². The number of methoxy groups -OCH3 is 2. The summed E-state index contributed by atoms with van der Waals surface area (Å²) in [6, 6.07) is 3.68. The normalized spacial score (nSPS) is 10.9. The summed E-state index contributed by atoms with van der Waals surface area (Å²) >= 11 is 0. The summed E-state index contributed by atoms with van der Waals surface area (Å²) in [5.74, 6) is -0.799. The van der Waals surface area contributed by atoms with Crippen LogP contribution in [0.15, 0.2) is 18.2 Å². The number of hydrogen-bond acceptors (Lipinski definition) is 4. The maximum Gasteiger partial charge on any atom is 0.573 e. The predicted octanol–water partition coefficient (Wildman–Crippen LogP) is 2.31. The molecule has 0 aliphatic carbocycles. The van der Waals surface area contributed by atoms with E-state index in [1.54, 1.807) is 0 Å². The van der Waals surface area contributed by atoms with Crippen LogP contribution in [0.1, 0.15) is 5.56 Å². The van der Waals surface area contributed by atoms with Gasteiger partial charge in [0.25, 0.3) is 0 Å². The number of esters is 1. The highest BCUT2D eigenvalue weighted by atomic mass is 19.4. The zero-order valence-electron chi connectivity index (χ0n) is 9.71. The van der Waals surface area contributed by atoms with Gasteiger partial charge in [0.2, 0.25) is 0 Å². The molecular weight excluding hydrogens is 253 g/mol. The Morgan fingerprint density at radius 1 is 1.28 bits per heavy atom. The van der Waals surface area contributed by atoms with Crippen LogP contribution in [0.5, 0.6) is 11.5 Å². The Hall–Kier alpha value is -1.92. The lowest BCUT2D eigenvalue weighted by molar-refractivity contribution is -0.274. The summed E-state index contributed by atoms with van der Waals surface area (Å²) in [5.41, 5.74) is 0.0403. The quantitative estimate of drug-likeness (QED) is 0.783. The van der Waals surface area contributed by atoms with Crippen molar-refractivity contribution in [1.29, 1.82) is 0 Å². The molecule has 0 radical (unpaired) electrons. The fourth-order valence-corrected chi connectivity index (χ4v) is 1.27. The maximum atomic E-state index is 12.2. The molecule has 0 bridgehead atoms. The maximum absolute atomic E-state index is 12.2. The van der Waals surface area contributed by atoms with Crippen LogP contribution in [0.25, 0.3) is 0 Å². The molecule has 0 unspecified atom stereocenters. The van der Waals surface area contributed by atoms with Gasteiger partial charge in [-0.05, 0) is 18.2 Å². The Bertz CT molecular complexity index is 429. The number of carbonyl (C=O) groups is 1. The fourth-order valence-electron chi connectivity index (χ4n) is 1.27. The molecule has 1 rings (SSSR count). The van der Waals surface area contributed by atoms with E-state index in [1.165, 1.54) is 19.2 Å². The van der Waals surface area contributed by atoms with E-state index in [2.05, 4.69) is 9.47 Å². The SMILES string of the molecule is COC(=O)Cc1cc(OC)ccc1OC(F)(F)F. The van der Waals surface area contributed by atoms with Gasteiger partial charge in [0, 0.05) is 5.56 Å². The second-order valence-electron chi connectivity index (χ2n) is 3.27. The van der Waals surface area contributed by atoms with Crippen LogP contribution in [0.4, 0.5) is 13.2 Å². The van der Waals surface area contributed by atoms with Crippen molar-refractivity contribution in [2.75, 3.05) is 14.2 Å². The van der Waals surface area contributed by atoms with E-state index in [-0.39, 0.29) is 12.0 Å². The van der Waals surface area contributed by atoms with Gasteiger partial charge in [0.1, 0.15) is 11.5 Å². The molecule has 0 N–H and O–H groups in total. The van der Waals surface area contributed by atoms with Crippen molar-refractivity contribution in [3.05, 3.63) is 23.8 Å². The average molecular weight is 264 g/mol. The summed E-state index contributed by atoms with van der Waals surface area (Å²) in [4.78, 5) is 11.1. The van der Waals surface area contributed by atoms with Gasteiger partial charge >= 0.3 is 12.3 Å². The molecule has 0 spiro atoms. The number of benzene rings is 1. The van der Waals surface area contributed by atoms with Crippen LogP contribution in [0.2, 0.25) is 0 Å². The highest BCUT2D eigenvalue weighted by molar-refractivity contribution is 5.73. The lowest BCUT2D eigenvalue weighted by atomic mass is 10.1. The van der Waals surface area contributed by atoms with Crippen molar-refractivity contribution in [2.45, 2.75) is 12.8 Å². The topological polar surface area (TPSA) is 44.8 Å². The molecule has 0 saturated heterocycles. The first-order valence-corrected chi connectivity index (χ1v) is 4.85. The summed E-state index contributed by atoms with van der Waals surface area (Å²) in [7, 11) is 2.51. The molecule has 0 amide bonds.